The maximum atomic E-state index is 10.9. The number of aliphatic hydroxyl groups is 1. The molecule has 4 rings (SSSR count). The normalized spacial score (nSPS) is 31.5. The van der Waals surface area contributed by atoms with Gasteiger partial charge < -0.3 is 10.0 Å². The van der Waals surface area contributed by atoms with Gasteiger partial charge >= 0.3 is 0 Å². The molecule has 0 bridgehead atoms. The molecule has 2 aromatic rings. The monoisotopic (exact) mass is 297 g/mol. The molecule has 3 atom stereocenters. The van der Waals surface area contributed by atoms with Gasteiger partial charge in [0.1, 0.15) is 5.82 Å². The van der Waals surface area contributed by atoms with Crippen LogP contribution in [0.25, 0.3) is 11.0 Å². The number of hydrogen-bond acceptors (Lipinski definition) is 4. The fourth-order valence-corrected chi connectivity index (χ4v) is 4.35. The van der Waals surface area contributed by atoms with Gasteiger partial charge in [-0.05, 0) is 37.3 Å². The maximum absolute atomic E-state index is 10.9. The third-order valence-corrected chi connectivity index (χ3v) is 5.69. The predicted molar refractivity (Wildman–Crippen MR) is 87.8 cm³/mol. The van der Waals surface area contributed by atoms with Crippen molar-refractivity contribution in [2.45, 2.75) is 38.2 Å². The van der Waals surface area contributed by atoms with E-state index in [4.69, 9.17) is 4.98 Å². The summed E-state index contributed by atoms with van der Waals surface area (Å²) >= 11 is 0. The number of fused-ring (bicyclic) bond motifs is 2. The molecule has 1 N–H and O–H groups in total. The van der Waals surface area contributed by atoms with Gasteiger partial charge in [0.05, 0.1) is 22.8 Å². The van der Waals surface area contributed by atoms with Crippen molar-refractivity contribution < 1.29 is 5.11 Å². The molecule has 2 aliphatic rings. The molecule has 1 aliphatic heterocycles. The van der Waals surface area contributed by atoms with Crippen molar-refractivity contribution in [1.82, 2.24) is 9.97 Å². The van der Waals surface area contributed by atoms with Crippen LogP contribution < -0.4 is 4.90 Å². The van der Waals surface area contributed by atoms with Crippen LogP contribution in [0.15, 0.2) is 30.5 Å². The highest BCUT2D eigenvalue weighted by Gasteiger charge is 2.48. The third kappa shape index (κ3) is 2.17. The Morgan fingerprint density at radius 2 is 2.09 bits per heavy atom. The molecule has 4 nitrogen and oxygen atoms in total. The van der Waals surface area contributed by atoms with E-state index in [1.807, 2.05) is 30.5 Å². The molecule has 0 amide bonds. The van der Waals surface area contributed by atoms with Crippen molar-refractivity contribution in [3.63, 3.8) is 0 Å². The Morgan fingerprint density at radius 3 is 2.91 bits per heavy atom. The molecule has 2 fully saturated rings. The zero-order valence-electron chi connectivity index (χ0n) is 13.1. The van der Waals surface area contributed by atoms with Crippen LogP contribution in [-0.2, 0) is 0 Å². The van der Waals surface area contributed by atoms with Crippen LogP contribution >= 0.6 is 0 Å². The molecular formula is C18H23N3O. The highest BCUT2D eigenvalue weighted by molar-refractivity contribution is 5.75. The van der Waals surface area contributed by atoms with Crippen LogP contribution in [-0.4, -0.2) is 33.8 Å². The van der Waals surface area contributed by atoms with Crippen molar-refractivity contribution in [1.29, 1.82) is 0 Å². The number of rotatable bonds is 2. The molecule has 1 saturated carbocycles. The van der Waals surface area contributed by atoms with Crippen molar-refractivity contribution in [2.24, 2.45) is 11.8 Å². The van der Waals surface area contributed by atoms with Gasteiger partial charge in [-0.2, -0.15) is 0 Å². The Morgan fingerprint density at radius 1 is 1.27 bits per heavy atom. The minimum absolute atomic E-state index is 0.375. The Balaban J connectivity index is 1.63. The SMILES string of the molecule is CC[C@]1(O)CCC[C@H]2CN(c3cnc4ccccc4n3)C[C@H]21. The molecule has 1 aromatic carbocycles. The Hall–Kier alpha value is -1.68. The molecule has 1 aromatic heterocycles. The number of hydrogen-bond donors (Lipinski definition) is 1. The summed E-state index contributed by atoms with van der Waals surface area (Å²) in [6, 6.07) is 7.99. The van der Waals surface area contributed by atoms with E-state index in [0.717, 1.165) is 49.2 Å². The second-order valence-electron chi connectivity index (χ2n) is 6.84. The zero-order valence-corrected chi connectivity index (χ0v) is 13.1. The number of aromatic nitrogens is 2. The first kappa shape index (κ1) is 13.9. The molecular weight excluding hydrogens is 274 g/mol. The van der Waals surface area contributed by atoms with Crippen molar-refractivity contribution in [2.75, 3.05) is 18.0 Å². The summed E-state index contributed by atoms with van der Waals surface area (Å²) in [5.74, 6) is 1.91. The van der Waals surface area contributed by atoms with Gasteiger partial charge in [-0.25, -0.2) is 4.98 Å². The molecule has 0 spiro atoms. The van der Waals surface area contributed by atoms with E-state index < -0.39 is 5.60 Å². The lowest BCUT2D eigenvalue weighted by Gasteiger charge is -2.40. The minimum Gasteiger partial charge on any atom is -0.390 e. The molecule has 0 radical (unpaired) electrons. The molecule has 4 heteroatoms. The quantitative estimate of drug-likeness (QED) is 0.925. The number of nitrogens with zero attached hydrogens (tertiary/aromatic N) is 3. The summed E-state index contributed by atoms with van der Waals surface area (Å²) in [5.41, 5.74) is 1.40. The van der Waals surface area contributed by atoms with E-state index in [1.54, 1.807) is 0 Å². The number of anilines is 1. The zero-order chi connectivity index (χ0) is 15.2. The van der Waals surface area contributed by atoms with Crippen LogP contribution in [0.3, 0.4) is 0 Å². The van der Waals surface area contributed by atoms with Gasteiger partial charge in [0.2, 0.25) is 0 Å². The second kappa shape index (κ2) is 5.20. The van der Waals surface area contributed by atoms with E-state index in [0.29, 0.717) is 11.8 Å². The standard InChI is InChI=1S/C18H23N3O/c1-2-18(22)9-5-6-13-11-21(12-14(13)18)17-10-19-15-7-3-4-8-16(15)20-17/h3-4,7-8,10,13-14,22H,2,5-6,9,11-12H2,1H3/t13-,14+,18-/m0/s1. The fraction of sp³-hybridized carbons (Fsp3) is 0.556. The van der Waals surface area contributed by atoms with Crippen molar-refractivity contribution >= 4 is 16.9 Å². The Kier molecular flexibility index (Phi) is 3.30. The highest BCUT2D eigenvalue weighted by Crippen LogP contribution is 2.45. The van der Waals surface area contributed by atoms with Crippen molar-refractivity contribution in [3.05, 3.63) is 30.5 Å². The van der Waals surface area contributed by atoms with E-state index >= 15 is 0 Å². The van der Waals surface area contributed by atoms with E-state index in [9.17, 15) is 5.11 Å². The average Bonchev–Trinajstić information content (AvgIpc) is 3.00. The Labute approximate surface area is 131 Å². The number of benzene rings is 1. The van der Waals surface area contributed by atoms with Crippen LogP contribution in [0.1, 0.15) is 32.6 Å². The van der Waals surface area contributed by atoms with Crippen LogP contribution in [0.4, 0.5) is 5.82 Å². The molecule has 1 saturated heterocycles. The second-order valence-corrected chi connectivity index (χ2v) is 6.84. The van der Waals surface area contributed by atoms with Crippen LogP contribution in [0.5, 0.6) is 0 Å². The summed E-state index contributed by atoms with van der Waals surface area (Å²) in [6.07, 6.45) is 6.05. The fourth-order valence-electron chi connectivity index (χ4n) is 4.35. The van der Waals surface area contributed by atoms with Gasteiger partial charge in [0.25, 0.3) is 0 Å². The summed E-state index contributed by atoms with van der Waals surface area (Å²) in [6.45, 7) is 4.02. The van der Waals surface area contributed by atoms with Gasteiger partial charge in [-0.3, -0.25) is 4.98 Å². The summed E-state index contributed by atoms with van der Waals surface area (Å²) < 4.78 is 0. The first-order chi connectivity index (χ1) is 10.7. The summed E-state index contributed by atoms with van der Waals surface area (Å²) in [4.78, 5) is 11.6. The lowest BCUT2D eigenvalue weighted by molar-refractivity contribution is -0.0597. The largest absolute Gasteiger partial charge is 0.390 e. The van der Waals surface area contributed by atoms with Gasteiger partial charge in [-0.15, -0.1) is 0 Å². The molecule has 22 heavy (non-hydrogen) atoms. The minimum atomic E-state index is -0.484. The van der Waals surface area contributed by atoms with Crippen molar-refractivity contribution in [3.8, 4) is 0 Å². The van der Waals surface area contributed by atoms with Crippen LogP contribution in [0.2, 0.25) is 0 Å². The van der Waals surface area contributed by atoms with E-state index in [-0.39, 0.29) is 0 Å². The van der Waals surface area contributed by atoms with Gasteiger partial charge in [-0.1, -0.05) is 25.5 Å². The van der Waals surface area contributed by atoms with Crippen LogP contribution in [0, 0.1) is 11.8 Å². The summed E-state index contributed by atoms with van der Waals surface area (Å²) in [7, 11) is 0. The lowest BCUT2D eigenvalue weighted by Crippen LogP contribution is -2.44. The van der Waals surface area contributed by atoms with E-state index in [2.05, 4.69) is 16.8 Å². The average molecular weight is 297 g/mol. The molecule has 0 unspecified atom stereocenters. The lowest BCUT2D eigenvalue weighted by atomic mass is 9.69. The molecule has 1 aliphatic carbocycles. The molecule has 116 valence electrons. The van der Waals surface area contributed by atoms with Gasteiger partial charge in [0, 0.05) is 19.0 Å². The van der Waals surface area contributed by atoms with Gasteiger partial charge in [0.15, 0.2) is 0 Å². The first-order valence-electron chi connectivity index (χ1n) is 8.39. The van der Waals surface area contributed by atoms with E-state index in [1.165, 1.54) is 6.42 Å². The highest BCUT2D eigenvalue weighted by atomic mass is 16.3. The first-order valence-corrected chi connectivity index (χ1v) is 8.39. The predicted octanol–water partition coefficient (Wildman–Crippen LogP) is 3.01. The topological polar surface area (TPSA) is 49.2 Å². The maximum Gasteiger partial charge on any atom is 0.147 e. The third-order valence-electron chi connectivity index (χ3n) is 5.69. The number of para-hydroxylation sites is 2. The summed E-state index contributed by atoms with van der Waals surface area (Å²) in [5, 5.41) is 10.9. The smallest absolute Gasteiger partial charge is 0.147 e. The Bertz CT molecular complexity index is 689. The molecule has 2 heterocycles.